The molecule has 0 aliphatic rings. The van der Waals surface area contributed by atoms with Crippen molar-refractivity contribution in [2.45, 2.75) is 32.9 Å². The molecule has 114 valence electrons. The lowest BCUT2D eigenvalue weighted by Crippen LogP contribution is -2.44. The maximum Gasteiger partial charge on any atom is 0.406 e. The molecule has 0 rings (SSSR count). The van der Waals surface area contributed by atoms with Crippen LogP contribution in [0.25, 0.3) is 0 Å². The van der Waals surface area contributed by atoms with E-state index in [1.807, 2.05) is 0 Å². The van der Waals surface area contributed by atoms with Crippen LogP contribution in [-0.4, -0.2) is 49.8 Å². The van der Waals surface area contributed by atoms with Crippen molar-refractivity contribution in [3.05, 3.63) is 0 Å². The normalized spacial score (nSPS) is 13.4. The maximum absolute atomic E-state index is 12.5. The highest BCUT2D eigenvalue weighted by Gasteiger charge is 2.34. The summed E-state index contributed by atoms with van der Waals surface area (Å²) in [5.41, 5.74) is 5.41. The summed E-state index contributed by atoms with van der Waals surface area (Å²) in [7, 11) is 0. The number of ether oxygens (including phenoxy) is 1. The van der Waals surface area contributed by atoms with Gasteiger partial charge in [-0.3, -0.25) is 4.79 Å². The largest absolute Gasteiger partial charge is 0.406 e. The fraction of sp³-hybridized carbons (Fsp3) is 0.917. The second kappa shape index (κ2) is 9.14. The van der Waals surface area contributed by atoms with Gasteiger partial charge >= 0.3 is 6.18 Å². The molecule has 0 saturated carbocycles. The minimum atomic E-state index is -4.39. The van der Waals surface area contributed by atoms with Gasteiger partial charge in [0.15, 0.2) is 0 Å². The lowest BCUT2D eigenvalue weighted by atomic mass is 10.1. The number of carbonyl (C=O) groups is 1. The van der Waals surface area contributed by atoms with E-state index in [0.717, 1.165) is 4.90 Å². The van der Waals surface area contributed by atoms with E-state index in [2.05, 4.69) is 0 Å². The molecule has 0 spiro atoms. The summed E-state index contributed by atoms with van der Waals surface area (Å²) in [6, 6.07) is 0. The van der Waals surface area contributed by atoms with Crippen molar-refractivity contribution in [1.29, 1.82) is 0 Å². The highest BCUT2D eigenvalue weighted by Crippen LogP contribution is 2.18. The number of halogens is 3. The third kappa shape index (κ3) is 8.05. The van der Waals surface area contributed by atoms with Crippen LogP contribution in [0, 0.1) is 5.92 Å². The van der Waals surface area contributed by atoms with Gasteiger partial charge in [0.05, 0.1) is 5.92 Å². The smallest absolute Gasteiger partial charge is 0.382 e. The number of hydrogen-bond acceptors (Lipinski definition) is 3. The number of rotatable bonds is 9. The highest BCUT2D eigenvalue weighted by atomic mass is 19.4. The summed E-state index contributed by atoms with van der Waals surface area (Å²) < 4.78 is 42.4. The molecule has 0 aliphatic carbocycles. The van der Waals surface area contributed by atoms with Crippen LogP contribution in [0.1, 0.15) is 26.7 Å². The van der Waals surface area contributed by atoms with E-state index in [4.69, 9.17) is 10.5 Å². The van der Waals surface area contributed by atoms with E-state index in [-0.39, 0.29) is 13.1 Å². The molecule has 0 aromatic carbocycles. The quantitative estimate of drug-likeness (QED) is 0.657. The monoisotopic (exact) mass is 284 g/mol. The number of nitrogens with zero attached hydrogens (tertiary/aromatic N) is 1. The standard InChI is InChI=1S/C12H23F3N2O2/c1-3-10(8-16)11(18)17(9-12(13,14)15)6-5-7-19-4-2/h10H,3-9,16H2,1-2H3. The van der Waals surface area contributed by atoms with E-state index < -0.39 is 24.5 Å². The predicted molar refractivity (Wildman–Crippen MR) is 66.6 cm³/mol. The second-order valence-electron chi connectivity index (χ2n) is 4.27. The Hall–Kier alpha value is -0.820. The number of alkyl halides is 3. The van der Waals surface area contributed by atoms with Crippen LogP contribution in [0.3, 0.4) is 0 Å². The van der Waals surface area contributed by atoms with Gasteiger partial charge in [-0.1, -0.05) is 6.92 Å². The Morgan fingerprint density at radius 2 is 2.00 bits per heavy atom. The molecule has 0 heterocycles. The van der Waals surface area contributed by atoms with Crippen molar-refractivity contribution >= 4 is 5.91 Å². The first-order valence-corrected chi connectivity index (χ1v) is 6.49. The molecule has 1 unspecified atom stereocenters. The summed E-state index contributed by atoms with van der Waals surface area (Å²) in [6.45, 7) is 3.27. The second-order valence-corrected chi connectivity index (χ2v) is 4.27. The molecule has 7 heteroatoms. The van der Waals surface area contributed by atoms with Gasteiger partial charge in [-0.05, 0) is 19.8 Å². The summed E-state index contributed by atoms with van der Waals surface area (Å²) in [6.07, 6.45) is -3.57. The van der Waals surface area contributed by atoms with Gasteiger partial charge in [0, 0.05) is 26.3 Å². The van der Waals surface area contributed by atoms with Crippen LogP contribution in [0.5, 0.6) is 0 Å². The minimum Gasteiger partial charge on any atom is -0.382 e. The Morgan fingerprint density at radius 3 is 2.42 bits per heavy atom. The van der Waals surface area contributed by atoms with E-state index in [1.165, 1.54) is 0 Å². The van der Waals surface area contributed by atoms with Gasteiger partial charge in [-0.15, -0.1) is 0 Å². The molecule has 0 saturated heterocycles. The molecule has 0 aromatic rings. The lowest BCUT2D eigenvalue weighted by molar-refractivity contribution is -0.164. The van der Waals surface area contributed by atoms with Crippen LogP contribution in [-0.2, 0) is 9.53 Å². The number of amides is 1. The zero-order valence-electron chi connectivity index (χ0n) is 11.5. The predicted octanol–water partition coefficient (Wildman–Crippen LogP) is 1.79. The summed E-state index contributed by atoms with van der Waals surface area (Å²) in [4.78, 5) is 12.8. The molecule has 0 radical (unpaired) electrons. The Balaban J connectivity index is 4.52. The van der Waals surface area contributed by atoms with Crippen molar-refractivity contribution < 1.29 is 22.7 Å². The first kappa shape index (κ1) is 18.2. The molecule has 19 heavy (non-hydrogen) atoms. The Morgan fingerprint density at radius 1 is 1.37 bits per heavy atom. The third-order valence-corrected chi connectivity index (χ3v) is 2.73. The molecule has 2 N–H and O–H groups in total. The van der Waals surface area contributed by atoms with Gasteiger partial charge in [-0.25, -0.2) is 0 Å². The van der Waals surface area contributed by atoms with Gasteiger partial charge in [0.1, 0.15) is 6.54 Å². The van der Waals surface area contributed by atoms with E-state index in [9.17, 15) is 18.0 Å². The Bertz CT molecular complexity index is 256. The van der Waals surface area contributed by atoms with E-state index >= 15 is 0 Å². The highest BCUT2D eigenvalue weighted by molar-refractivity contribution is 5.79. The molecule has 1 atom stereocenters. The molecule has 0 aliphatic heterocycles. The summed E-state index contributed by atoms with van der Waals surface area (Å²) in [5.74, 6) is -1.08. The van der Waals surface area contributed by atoms with Crippen LogP contribution in [0.4, 0.5) is 13.2 Å². The van der Waals surface area contributed by atoms with Crippen molar-refractivity contribution in [3.8, 4) is 0 Å². The fourth-order valence-electron chi connectivity index (χ4n) is 1.69. The van der Waals surface area contributed by atoms with Crippen molar-refractivity contribution in [2.24, 2.45) is 11.7 Å². The maximum atomic E-state index is 12.5. The van der Waals surface area contributed by atoms with Gasteiger partial charge in [-0.2, -0.15) is 13.2 Å². The SMILES string of the molecule is CCOCCCN(CC(F)(F)F)C(=O)C(CC)CN. The average Bonchev–Trinajstić information content (AvgIpc) is 2.33. The minimum absolute atomic E-state index is 0.0366. The Labute approximate surface area is 112 Å². The molecule has 0 bridgehead atoms. The third-order valence-electron chi connectivity index (χ3n) is 2.73. The first-order valence-electron chi connectivity index (χ1n) is 6.49. The molecule has 0 fully saturated rings. The van der Waals surface area contributed by atoms with Crippen LogP contribution in [0.15, 0.2) is 0 Å². The van der Waals surface area contributed by atoms with Crippen molar-refractivity contribution in [1.82, 2.24) is 4.90 Å². The fourth-order valence-corrected chi connectivity index (χ4v) is 1.69. The van der Waals surface area contributed by atoms with Crippen molar-refractivity contribution in [2.75, 3.05) is 32.8 Å². The van der Waals surface area contributed by atoms with Gasteiger partial charge in [0.25, 0.3) is 0 Å². The van der Waals surface area contributed by atoms with E-state index in [0.29, 0.717) is 26.1 Å². The Kier molecular flexibility index (Phi) is 8.75. The molecular formula is C12H23F3N2O2. The zero-order chi connectivity index (χ0) is 14.9. The van der Waals surface area contributed by atoms with Gasteiger partial charge in [0.2, 0.25) is 5.91 Å². The van der Waals surface area contributed by atoms with Crippen LogP contribution in [0.2, 0.25) is 0 Å². The molecule has 1 amide bonds. The van der Waals surface area contributed by atoms with Crippen LogP contribution < -0.4 is 5.73 Å². The molecule has 0 aromatic heterocycles. The first-order chi connectivity index (χ1) is 8.85. The average molecular weight is 284 g/mol. The van der Waals surface area contributed by atoms with Crippen molar-refractivity contribution in [3.63, 3.8) is 0 Å². The molecular weight excluding hydrogens is 261 g/mol. The zero-order valence-corrected chi connectivity index (χ0v) is 11.5. The lowest BCUT2D eigenvalue weighted by Gasteiger charge is -2.27. The number of carbonyl (C=O) groups excluding carboxylic acids is 1. The van der Waals surface area contributed by atoms with Gasteiger partial charge < -0.3 is 15.4 Å². The number of nitrogens with two attached hydrogens (primary N) is 1. The molecule has 4 nitrogen and oxygen atoms in total. The van der Waals surface area contributed by atoms with Crippen LogP contribution >= 0.6 is 0 Å². The topological polar surface area (TPSA) is 55.6 Å². The number of hydrogen-bond donors (Lipinski definition) is 1. The summed E-state index contributed by atoms with van der Waals surface area (Å²) in [5, 5.41) is 0. The van der Waals surface area contributed by atoms with E-state index in [1.54, 1.807) is 13.8 Å². The summed E-state index contributed by atoms with van der Waals surface area (Å²) >= 11 is 0.